The lowest BCUT2D eigenvalue weighted by Gasteiger charge is -2.02. The summed E-state index contributed by atoms with van der Waals surface area (Å²) in [6.45, 7) is 5.25. The van der Waals surface area contributed by atoms with Gasteiger partial charge in [-0.3, -0.25) is 9.48 Å². The smallest absolute Gasteiger partial charge is 0.262 e. The Morgan fingerprint density at radius 1 is 1.41 bits per heavy atom. The molecule has 22 heavy (non-hydrogen) atoms. The minimum absolute atomic E-state index is 0.0617. The first kappa shape index (κ1) is 14.3. The zero-order chi connectivity index (χ0) is 15.7. The van der Waals surface area contributed by atoms with Crippen LogP contribution >= 0.6 is 0 Å². The highest BCUT2D eigenvalue weighted by molar-refractivity contribution is 6.05. The van der Waals surface area contributed by atoms with Crippen molar-refractivity contribution in [3.8, 4) is 11.8 Å². The number of anilines is 1. The average Bonchev–Trinajstić information content (AvgIpc) is 3.03. The molecule has 0 saturated carbocycles. The molecule has 0 saturated heterocycles. The highest BCUT2D eigenvalue weighted by atomic mass is 16.1. The number of H-pyrrole nitrogens is 1. The first-order chi connectivity index (χ1) is 10.7. The summed E-state index contributed by atoms with van der Waals surface area (Å²) in [6, 6.07) is 0. The monoisotopic (exact) mass is 297 g/mol. The fraction of sp³-hybridized carbons (Fsp3) is 0.375. The molecule has 3 rings (SSSR count). The van der Waals surface area contributed by atoms with Crippen molar-refractivity contribution in [1.29, 1.82) is 0 Å². The molecule has 0 fully saturated rings. The van der Waals surface area contributed by atoms with Gasteiger partial charge in [0.15, 0.2) is 5.65 Å². The molecule has 0 radical (unpaired) electrons. The zero-order valence-corrected chi connectivity index (χ0v) is 12.8. The molecule has 0 spiro atoms. The Balaban J connectivity index is 2.19. The number of aromatic amines is 1. The summed E-state index contributed by atoms with van der Waals surface area (Å²) in [5.74, 6) is 5.91. The first-order valence-electron chi connectivity index (χ1n) is 7.43. The summed E-state index contributed by atoms with van der Waals surface area (Å²) in [5, 5.41) is 4.43. The summed E-state index contributed by atoms with van der Waals surface area (Å²) in [6.07, 6.45) is 5.22. The molecule has 0 unspecified atom stereocenters. The van der Waals surface area contributed by atoms with Crippen LogP contribution in [0, 0.1) is 11.8 Å². The Bertz CT molecular complexity index is 948. The zero-order valence-electron chi connectivity index (χ0n) is 12.8. The van der Waals surface area contributed by atoms with Gasteiger partial charge in [0.2, 0.25) is 0 Å². The molecular formula is C16H19N5O. The quantitative estimate of drug-likeness (QED) is 0.723. The lowest BCUT2D eigenvalue weighted by atomic mass is 10.2. The summed E-state index contributed by atoms with van der Waals surface area (Å²) in [4.78, 5) is 17.0. The summed E-state index contributed by atoms with van der Waals surface area (Å²) < 4.78 is 3.60. The van der Waals surface area contributed by atoms with E-state index in [-0.39, 0.29) is 5.56 Å². The van der Waals surface area contributed by atoms with Gasteiger partial charge in [-0.2, -0.15) is 0 Å². The van der Waals surface area contributed by atoms with Crippen LogP contribution in [0.15, 0.2) is 17.2 Å². The summed E-state index contributed by atoms with van der Waals surface area (Å²) >= 11 is 0. The van der Waals surface area contributed by atoms with E-state index in [1.165, 1.54) is 0 Å². The van der Waals surface area contributed by atoms with Crippen molar-refractivity contribution in [3.63, 3.8) is 0 Å². The van der Waals surface area contributed by atoms with Gasteiger partial charge in [0.25, 0.3) is 5.56 Å². The van der Waals surface area contributed by atoms with Crippen LogP contribution in [0.2, 0.25) is 0 Å². The predicted octanol–water partition coefficient (Wildman–Crippen LogP) is 2.08. The highest BCUT2D eigenvalue weighted by Crippen LogP contribution is 2.26. The van der Waals surface area contributed by atoms with Gasteiger partial charge >= 0.3 is 0 Å². The second kappa shape index (κ2) is 5.60. The lowest BCUT2D eigenvalue weighted by molar-refractivity contribution is 0.646. The third-order valence-corrected chi connectivity index (χ3v) is 3.76. The molecular weight excluding hydrogens is 278 g/mol. The van der Waals surface area contributed by atoms with Crippen molar-refractivity contribution >= 4 is 27.6 Å². The van der Waals surface area contributed by atoms with Crippen molar-refractivity contribution < 1.29 is 0 Å². The van der Waals surface area contributed by atoms with Gasteiger partial charge in [0.1, 0.15) is 0 Å². The molecule has 0 atom stereocenters. The number of aryl methyl sites for hydroxylation is 2. The summed E-state index contributed by atoms with van der Waals surface area (Å²) in [7, 11) is 0. The molecule has 3 heterocycles. The number of rotatable bonds is 4. The number of hydrogen-bond acceptors (Lipinski definition) is 3. The maximum atomic E-state index is 12.4. The number of nitrogen functional groups attached to an aromatic ring is 1. The fourth-order valence-electron chi connectivity index (χ4n) is 2.71. The third kappa shape index (κ3) is 2.15. The molecule has 0 aliphatic carbocycles. The van der Waals surface area contributed by atoms with Crippen molar-refractivity contribution in [3.05, 3.63) is 22.7 Å². The molecule has 0 amide bonds. The van der Waals surface area contributed by atoms with E-state index in [1.54, 1.807) is 17.0 Å². The van der Waals surface area contributed by atoms with Crippen LogP contribution in [0.5, 0.6) is 0 Å². The molecule has 0 aromatic carbocycles. The summed E-state index contributed by atoms with van der Waals surface area (Å²) in [5.41, 5.74) is 8.07. The third-order valence-electron chi connectivity index (χ3n) is 3.76. The average molecular weight is 297 g/mol. The number of nitrogens with one attached hydrogen (secondary N) is 1. The minimum atomic E-state index is -0.0617. The van der Waals surface area contributed by atoms with E-state index in [0.29, 0.717) is 29.7 Å². The van der Waals surface area contributed by atoms with Crippen LogP contribution in [0.25, 0.3) is 21.9 Å². The maximum Gasteiger partial charge on any atom is 0.262 e. The Morgan fingerprint density at radius 3 is 2.95 bits per heavy atom. The molecule has 3 aromatic rings. The second-order valence-electron chi connectivity index (χ2n) is 5.25. The predicted molar refractivity (Wildman–Crippen MR) is 88.6 cm³/mol. The SMILES string of the molecule is CC#CCCn1[nH]cc2c(N)c3c(=O)n(CCC)cc3nc21. The van der Waals surface area contributed by atoms with Crippen LogP contribution in [-0.4, -0.2) is 19.3 Å². The van der Waals surface area contributed by atoms with Crippen LogP contribution in [0.3, 0.4) is 0 Å². The van der Waals surface area contributed by atoms with E-state index in [9.17, 15) is 4.79 Å². The maximum absolute atomic E-state index is 12.4. The van der Waals surface area contributed by atoms with Gasteiger partial charge < -0.3 is 15.4 Å². The molecule has 3 N–H and O–H groups in total. The Kier molecular flexibility index (Phi) is 3.63. The molecule has 6 nitrogen and oxygen atoms in total. The first-order valence-corrected chi connectivity index (χ1v) is 7.43. The van der Waals surface area contributed by atoms with Gasteiger partial charge in [-0.25, -0.2) is 4.98 Å². The minimum Gasteiger partial charge on any atom is -0.397 e. The van der Waals surface area contributed by atoms with E-state index >= 15 is 0 Å². The van der Waals surface area contributed by atoms with E-state index in [0.717, 1.165) is 23.9 Å². The largest absolute Gasteiger partial charge is 0.397 e. The van der Waals surface area contributed by atoms with Crippen molar-refractivity contribution in [1.82, 2.24) is 19.3 Å². The van der Waals surface area contributed by atoms with Gasteiger partial charge in [-0.1, -0.05) is 6.92 Å². The Morgan fingerprint density at radius 2 is 2.23 bits per heavy atom. The Labute approximate surface area is 127 Å². The van der Waals surface area contributed by atoms with E-state index < -0.39 is 0 Å². The number of pyridine rings is 1. The topological polar surface area (TPSA) is 81.6 Å². The molecule has 0 aliphatic heterocycles. The number of aromatic nitrogens is 4. The number of hydrogen-bond donors (Lipinski definition) is 2. The lowest BCUT2D eigenvalue weighted by Crippen LogP contribution is -2.14. The standard InChI is InChI=1S/C16H19N5O/c1-3-5-6-8-21-15-11(9-18-21)14(17)13-12(19-15)10-20(7-4-2)16(13)22/h9-10,18H,4,6-8,17H2,1-2H3. The van der Waals surface area contributed by atoms with Crippen LogP contribution in [0.4, 0.5) is 5.69 Å². The van der Waals surface area contributed by atoms with Gasteiger partial charge in [-0.15, -0.1) is 11.8 Å². The molecule has 3 aromatic heterocycles. The van der Waals surface area contributed by atoms with Crippen LogP contribution < -0.4 is 11.3 Å². The van der Waals surface area contributed by atoms with Crippen molar-refractivity contribution in [2.24, 2.45) is 0 Å². The van der Waals surface area contributed by atoms with Crippen molar-refractivity contribution in [2.45, 2.75) is 39.8 Å². The fourth-order valence-corrected chi connectivity index (χ4v) is 2.71. The molecule has 0 bridgehead atoms. The molecule has 6 heteroatoms. The van der Waals surface area contributed by atoms with Crippen LogP contribution in [0.1, 0.15) is 26.7 Å². The van der Waals surface area contributed by atoms with Gasteiger partial charge in [-0.05, 0) is 13.3 Å². The van der Waals surface area contributed by atoms with Crippen molar-refractivity contribution in [2.75, 3.05) is 5.73 Å². The Hall–Kier alpha value is -2.68. The molecule has 0 aliphatic rings. The van der Waals surface area contributed by atoms with E-state index in [1.807, 2.05) is 18.5 Å². The number of fused-ring (bicyclic) bond motifs is 2. The van der Waals surface area contributed by atoms with Gasteiger partial charge in [0, 0.05) is 25.4 Å². The van der Waals surface area contributed by atoms with E-state index in [2.05, 4.69) is 21.9 Å². The number of nitrogens with two attached hydrogens (primary N) is 1. The number of nitrogens with zero attached hydrogens (tertiary/aromatic N) is 3. The van der Waals surface area contributed by atoms with Gasteiger partial charge in [0.05, 0.1) is 28.5 Å². The molecule has 114 valence electrons. The normalized spacial score (nSPS) is 11.0. The van der Waals surface area contributed by atoms with Crippen LogP contribution in [-0.2, 0) is 13.1 Å². The second-order valence-corrected chi connectivity index (χ2v) is 5.25. The highest BCUT2D eigenvalue weighted by Gasteiger charge is 2.16. The van der Waals surface area contributed by atoms with E-state index in [4.69, 9.17) is 5.73 Å².